The van der Waals surface area contributed by atoms with E-state index in [4.69, 9.17) is 4.42 Å². The number of carboxylic acids is 1. The molecule has 0 radical (unpaired) electrons. The predicted octanol–water partition coefficient (Wildman–Crippen LogP) is 3.34. The molecule has 2 atom stereocenters. The zero-order chi connectivity index (χ0) is 18.7. The molecule has 1 fully saturated rings. The van der Waals surface area contributed by atoms with Gasteiger partial charge in [0.2, 0.25) is 0 Å². The first-order chi connectivity index (χ1) is 12.4. The molecule has 26 heavy (non-hydrogen) atoms. The minimum absolute atomic E-state index is 0.0335. The van der Waals surface area contributed by atoms with E-state index < -0.39 is 17.7 Å². The van der Waals surface area contributed by atoms with Crippen molar-refractivity contribution in [3.05, 3.63) is 48.0 Å². The first-order valence-electron chi connectivity index (χ1n) is 8.52. The van der Waals surface area contributed by atoms with Gasteiger partial charge < -0.3 is 19.7 Å². The lowest BCUT2D eigenvalue weighted by molar-refractivity contribution is -0.143. The topological polar surface area (TPSA) is 82.8 Å². The van der Waals surface area contributed by atoms with Crippen LogP contribution in [0.15, 0.2) is 41.0 Å². The monoisotopic (exact) mass is 360 g/mol. The van der Waals surface area contributed by atoms with E-state index in [9.17, 15) is 19.1 Å². The van der Waals surface area contributed by atoms with Gasteiger partial charge >= 0.3 is 12.0 Å². The highest BCUT2D eigenvalue weighted by Crippen LogP contribution is 2.23. The van der Waals surface area contributed by atoms with Crippen LogP contribution < -0.4 is 5.32 Å². The van der Waals surface area contributed by atoms with E-state index in [1.807, 2.05) is 6.92 Å². The number of piperidine rings is 1. The van der Waals surface area contributed by atoms with Crippen molar-refractivity contribution in [2.75, 3.05) is 13.1 Å². The Morgan fingerprint density at radius 1 is 1.35 bits per heavy atom. The van der Waals surface area contributed by atoms with E-state index in [1.165, 1.54) is 17.2 Å². The van der Waals surface area contributed by atoms with Gasteiger partial charge in [-0.15, -0.1) is 0 Å². The van der Waals surface area contributed by atoms with Gasteiger partial charge in [0.1, 0.15) is 11.6 Å². The van der Waals surface area contributed by atoms with Gasteiger partial charge in [-0.05, 0) is 30.5 Å². The fourth-order valence-corrected chi connectivity index (χ4v) is 3.27. The summed E-state index contributed by atoms with van der Waals surface area (Å²) in [5.41, 5.74) is 0.977. The Labute approximate surface area is 150 Å². The molecule has 0 saturated carbocycles. The zero-order valence-corrected chi connectivity index (χ0v) is 14.4. The van der Waals surface area contributed by atoms with E-state index in [0.29, 0.717) is 29.9 Å². The van der Waals surface area contributed by atoms with Crippen LogP contribution in [0.3, 0.4) is 0 Å². The molecule has 2 heterocycles. The second kappa shape index (κ2) is 7.59. The molecule has 1 saturated heterocycles. The van der Waals surface area contributed by atoms with Crippen molar-refractivity contribution >= 4 is 12.0 Å². The molecule has 1 aliphatic heterocycles. The largest absolute Gasteiger partial charge is 0.481 e. The molecule has 3 rings (SSSR count). The average molecular weight is 360 g/mol. The molecular weight excluding hydrogens is 339 g/mol. The number of carboxylic acid groups (broad SMARTS) is 1. The van der Waals surface area contributed by atoms with Gasteiger partial charge in [-0.3, -0.25) is 4.79 Å². The molecule has 1 aliphatic rings. The Morgan fingerprint density at radius 2 is 2.15 bits per heavy atom. The van der Waals surface area contributed by atoms with Crippen molar-refractivity contribution in [2.45, 2.75) is 19.9 Å². The first-order valence-corrected chi connectivity index (χ1v) is 8.52. The van der Waals surface area contributed by atoms with Crippen molar-refractivity contribution < 1.29 is 23.5 Å². The van der Waals surface area contributed by atoms with Crippen molar-refractivity contribution in [2.24, 2.45) is 11.8 Å². The van der Waals surface area contributed by atoms with Gasteiger partial charge in [0.15, 0.2) is 0 Å². The van der Waals surface area contributed by atoms with Crippen LogP contribution in [-0.2, 0) is 11.3 Å². The van der Waals surface area contributed by atoms with E-state index in [2.05, 4.69) is 5.32 Å². The Balaban J connectivity index is 1.61. The third kappa shape index (κ3) is 4.04. The van der Waals surface area contributed by atoms with Gasteiger partial charge in [0.05, 0.1) is 12.2 Å². The minimum Gasteiger partial charge on any atom is -0.481 e. The summed E-state index contributed by atoms with van der Waals surface area (Å²) in [6, 6.07) is 7.79. The number of benzene rings is 1. The maximum Gasteiger partial charge on any atom is 0.317 e. The Kier molecular flexibility index (Phi) is 5.25. The Morgan fingerprint density at radius 3 is 2.81 bits per heavy atom. The summed E-state index contributed by atoms with van der Waals surface area (Å²) in [7, 11) is 0. The van der Waals surface area contributed by atoms with Crippen LogP contribution in [0.5, 0.6) is 0 Å². The Hall–Kier alpha value is -2.83. The summed E-state index contributed by atoms with van der Waals surface area (Å²) >= 11 is 0. The maximum atomic E-state index is 14.3. The molecule has 1 aromatic heterocycles. The molecular formula is C19H21FN2O4. The third-order valence-corrected chi connectivity index (χ3v) is 4.58. The lowest BCUT2D eigenvalue weighted by atomic mass is 9.91. The highest BCUT2D eigenvalue weighted by atomic mass is 19.1. The number of rotatable bonds is 4. The van der Waals surface area contributed by atoms with Crippen molar-refractivity contribution in [1.82, 2.24) is 10.2 Å². The molecule has 1 aromatic carbocycles. The van der Waals surface area contributed by atoms with Gasteiger partial charge in [-0.1, -0.05) is 19.1 Å². The van der Waals surface area contributed by atoms with Crippen molar-refractivity contribution in [3.63, 3.8) is 0 Å². The van der Waals surface area contributed by atoms with Gasteiger partial charge in [-0.2, -0.15) is 0 Å². The van der Waals surface area contributed by atoms with E-state index in [0.717, 1.165) is 0 Å². The molecule has 0 bridgehead atoms. The van der Waals surface area contributed by atoms with Crippen LogP contribution in [-0.4, -0.2) is 35.1 Å². The highest BCUT2D eigenvalue weighted by Gasteiger charge is 2.31. The number of nitrogens with zero attached hydrogens (tertiary/aromatic N) is 1. The maximum absolute atomic E-state index is 14.3. The SMILES string of the molecule is CC1CC(C(=O)O)CN(C(=O)NCc2ccc(-c3ccco3)cc2F)C1. The zero-order valence-electron chi connectivity index (χ0n) is 14.4. The van der Waals surface area contributed by atoms with Crippen LogP contribution in [0.1, 0.15) is 18.9 Å². The quantitative estimate of drug-likeness (QED) is 0.876. The third-order valence-electron chi connectivity index (χ3n) is 4.58. The number of urea groups is 1. The second-order valence-corrected chi connectivity index (χ2v) is 6.72. The van der Waals surface area contributed by atoms with Crippen LogP contribution in [0.4, 0.5) is 9.18 Å². The van der Waals surface area contributed by atoms with Gasteiger partial charge in [-0.25, -0.2) is 9.18 Å². The van der Waals surface area contributed by atoms with Gasteiger partial charge in [0, 0.05) is 30.8 Å². The molecule has 2 N–H and O–H groups in total. The summed E-state index contributed by atoms with van der Waals surface area (Å²) in [6.07, 6.45) is 2.08. The normalized spacial score (nSPS) is 20.0. The minimum atomic E-state index is -0.895. The number of carbonyl (C=O) groups excluding carboxylic acids is 1. The average Bonchev–Trinajstić information content (AvgIpc) is 3.14. The molecule has 7 heteroatoms. The molecule has 2 unspecified atom stereocenters. The summed E-state index contributed by atoms with van der Waals surface area (Å²) in [5.74, 6) is -1.21. The molecule has 138 valence electrons. The molecule has 6 nitrogen and oxygen atoms in total. The van der Waals surface area contributed by atoms with Crippen LogP contribution >= 0.6 is 0 Å². The van der Waals surface area contributed by atoms with Crippen LogP contribution in [0.2, 0.25) is 0 Å². The van der Waals surface area contributed by atoms with Crippen LogP contribution in [0.25, 0.3) is 11.3 Å². The summed E-state index contributed by atoms with van der Waals surface area (Å²) in [5, 5.41) is 11.9. The number of furan rings is 1. The van der Waals surface area contributed by atoms with E-state index in [-0.39, 0.29) is 25.0 Å². The fraction of sp³-hybridized carbons (Fsp3) is 0.368. The van der Waals surface area contributed by atoms with Crippen LogP contribution in [0, 0.1) is 17.7 Å². The first kappa shape index (κ1) is 18.0. The lowest BCUT2D eigenvalue weighted by Crippen LogP contribution is -2.49. The number of aliphatic carboxylic acids is 1. The number of amides is 2. The smallest absolute Gasteiger partial charge is 0.317 e. The van der Waals surface area contributed by atoms with E-state index >= 15 is 0 Å². The van der Waals surface area contributed by atoms with E-state index in [1.54, 1.807) is 24.3 Å². The summed E-state index contributed by atoms with van der Waals surface area (Å²) < 4.78 is 19.5. The lowest BCUT2D eigenvalue weighted by Gasteiger charge is -2.34. The molecule has 2 amide bonds. The van der Waals surface area contributed by atoms with Crippen molar-refractivity contribution in [3.8, 4) is 11.3 Å². The highest BCUT2D eigenvalue weighted by molar-refractivity contribution is 5.76. The predicted molar refractivity (Wildman–Crippen MR) is 92.8 cm³/mol. The number of likely N-dealkylation sites (tertiary alicyclic amines) is 1. The number of hydrogen-bond donors (Lipinski definition) is 2. The molecule has 2 aromatic rings. The fourth-order valence-electron chi connectivity index (χ4n) is 3.27. The molecule has 0 aliphatic carbocycles. The number of carbonyl (C=O) groups is 2. The number of halogens is 1. The summed E-state index contributed by atoms with van der Waals surface area (Å²) in [6.45, 7) is 2.62. The standard InChI is InChI=1S/C19H21FN2O4/c1-12-7-15(18(23)24)11-22(10-12)19(25)21-9-14-5-4-13(8-16(14)20)17-3-2-6-26-17/h2-6,8,12,15H,7,9-11H2,1H3,(H,21,25)(H,23,24). The summed E-state index contributed by atoms with van der Waals surface area (Å²) in [4.78, 5) is 25.0. The van der Waals surface area contributed by atoms with Crippen molar-refractivity contribution in [1.29, 1.82) is 0 Å². The van der Waals surface area contributed by atoms with Gasteiger partial charge in [0.25, 0.3) is 0 Å². The number of hydrogen-bond acceptors (Lipinski definition) is 3. The second-order valence-electron chi connectivity index (χ2n) is 6.72. The number of nitrogens with one attached hydrogen (secondary N) is 1. The Bertz CT molecular complexity index is 791. The molecule has 0 spiro atoms.